The van der Waals surface area contributed by atoms with Crippen LogP contribution < -0.4 is 5.32 Å². The summed E-state index contributed by atoms with van der Waals surface area (Å²) in [5, 5.41) is 23.9. The molecule has 0 aromatic carbocycles. The van der Waals surface area contributed by atoms with Gasteiger partial charge in [0.05, 0.1) is 6.04 Å². The minimum absolute atomic E-state index is 0.451. The number of carboxylic acid groups (broad SMARTS) is 1. The third kappa shape index (κ3) is 3.16. The first-order valence-electron chi connectivity index (χ1n) is 5.53. The maximum Gasteiger partial charge on any atom is 0.320 e. The van der Waals surface area contributed by atoms with E-state index in [-0.39, 0.29) is 0 Å². The van der Waals surface area contributed by atoms with Gasteiger partial charge in [0.1, 0.15) is 6.04 Å². The Morgan fingerprint density at radius 2 is 2.47 bits per heavy atom. The molecule has 1 unspecified atom stereocenters. The molecule has 1 aliphatic rings. The molecule has 1 aliphatic carbocycles. The molecule has 1 aromatic rings. The van der Waals surface area contributed by atoms with E-state index in [9.17, 15) is 4.79 Å². The third-order valence-electron chi connectivity index (χ3n) is 2.64. The minimum atomic E-state index is -0.824. The fourth-order valence-electron chi connectivity index (χ4n) is 1.49. The molecule has 0 saturated heterocycles. The summed E-state index contributed by atoms with van der Waals surface area (Å²) in [5.74, 6) is -0.139. The summed E-state index contributed by atoms with van der Waals surface area (Å²) in [5.41, 5.74) is 0. The van der Waals surface area contributed by atoms with Crippen molar-refractivity contribution in [1.29, 1.82) is 0 Å². The first-order valence-corrected chi connectivity index (χ1v) is 6.51. The standard InChI is InChI=1S/C9H15N5O2S/c1-10-7(8(15)16)4-5-17-9-11-12-13-14(9)6-2-3-6/h6-7,10H,2-5H2,1H3,(H,15,16). The molecule has 2 N–H and O–H groups in total. The zero-order valence-corrected chi connectivity index (χ0v) is 10.4. The fourth-order valence-corrected chi connectivity index (χ4v) is 2.44. The Labute approximate surface area is 103 Å². The zero-order chi connectivity index (χ0) is 12.3. The van der Waals surface area contributed by atoms with Crippen LogP contribution >= 0.6 is 11.8 Å². The van der Waals surface area contributed by atoms with Gasteiger partial charge in [0.25, 0.3) is 0 Å². The summed E-state index contributed by atoms with van der Waals surface area (Å²) in [6, 6.07) is -0.0557. The number of likely N-dealkylation sites (N-methyl/N-ethyl adjacent to an activating group) is 1. The Bertz CT molecular complexity index is 392. The molecular weight excluding hydrogens is 242 g/mol. The van der Waals surface area contributed by atoms with Crippen molar-refractivity contribution in [2.24, 2.45) is 0 Å². The summed E-state index contributed by atoms with van der Waals surface area (Å²) >= 11 is 1.51. The van der Waals surface area contributed by atoms with E-state index in [1.807, 2.05) is 4.68 Å². The summed E-state index contributed by atoms with van der Waals surface area (Å²) in [7, 11) is 1.65. The average molecular weight is 257 g/mol. The largest absolute Gasteiger partial charge is 0.480 e. The number of carbonyl (C=O) groups is 1. The van der Waals surface area contributed by atoms with Gasteiger partial charge in [0.2, 0.25) is 5.16 Å². The summed E-state index contributed by atoms with van der Waals surface area (Å²) in [6.45, 7) is 0. The predicted octanol–water partition coefficient (Wildman–Crippen LogP) is 0.163. The monoisotopic (exact) mass is 257 g/mol. The molecule has 0 spiro atoms. The van der Waals surface area contributed by atoms with Crippen molar-refractivity contribution in [2.45, 2.75) is 36.5 Å². The number of hydrogen-bond acceptors (Lipinski definition) is 6. The van der Waals surface area contributed by atoms with Crippen LogP contribution in [0.1, 0.15) is 25.3 Å². The van der Waals surface area contributed by atoms with Gasteiger partial charge in [0, 0.05) is 5.75 Å². The first kappa shape index (κ1) is 12.3. The molecule has 7 nitrogen and oxygen atoms in total. The van der Waals surface area contributed by atoms with E-state index in [0.29, 0.717) is 18.2 Å². The second-order valence-corrected chi connectivity index (χ2v) is 5.02. The number of aromatic nitrogens is 4. The first-order chi connectivity index (χ1) is 8.22. The maximum atomic E-state index is 10.8. The molecule has 1 atom stereocenters. The van der Waals surface area contributed by atoms with Gasteiger partial charge in [-0.25, -0.2) is 4.68 Å². The summed E-state index contributed by atoms with van der Waals surface area (Å²) in [6.07, 6.45) is 2.81. The van der Waals surface area contributed by atoms with Crippen LogP contribution in [0.5, 0.6) is 0 Å². The SMILES string of the molecule is CNC(CCSc1nnnn1C1CC1)C(=O)O. The van der Waals surface area contributed by atoms with Gasteiger partial charge in [-0.15, -0.1) is 5.10 Å². The molecule has 0 radical (unpaired) electrons. The Hall–Kier alpha value is -1.15. The van der Waals surface area contributed by atoms with Crippen molar-refractivity contribution >= 4 is 17.7 Å². The number of rotatable bonds is 7. The zero-order valence-electron chi connectivity index (χ0n) is 9.54. The van der Waals surface area contributed by atoms with Crippen LogP contribution in [-0.4, -0.2) is 50.1 Å². The highest BCUT2D eigenvalue weighted by Gasteiger charge is 2.28. The Kier molecular flexibility index (Phi) is 3.95. The lowest BCUT2D eigenvalue weighted by Crippen LogP contribution is -2.34. The van der Waals surface area contributed by atoms with E-state index >= 15 is 0 Å². The van der Waals surface area contributed by atoms with Crippen molar-refractivity contribution in [3.63, 3.8) is 0 Å². The lowest BCUT2D eigenvalue weighted by molar-refractivity contribution is -0.139. The van der Waals surface area contributed by atoms with E-state index < -0.39 is 12.0 Å². The molecule has 0 amide bonds. The summed E-state index contributed by atoms with van der Waals surface area (Å²) in [4.78, 5) is 10.8. The number of thioether (sulfide) groups is 1. The lowest BCUT2D eigenvalue weighted by Gasteiger charge is -2.09. The van der Waals surface area contributed by atoms with Gasteiger partial charge in [-0.2, -0.15) is 0 Å². The highest BCUT2D eigenvalue weighted by molar-refractivity contribution is 7.99. The molecule has 1 saturated carbocycles. The van der Waals surface area contributed by atoms with Crippen molar-refractivity contribution in [2.75, 3.05) is 12.8 Å². The van der Waals surface area contributed by atoms with Gasteiger partial charge >= 0.3 is 5.97 Å². The minimum Gasteiger partial charge on any atom is -0.480 e. The fraction of sp³-hybridized carbons (Fsp3) is 0.778. The molecule has 8 heteroatoms. The number of nitrogens with zero attached hydrogens (tertiary/aromatic N) is 4. The van der Waals surface area contributed by atoms with Gasteiger partial charge in [-0.3, -0.25) is 4.79 Å². The second-order valence-electron chi connectivity index (χ2n) is 3.95. The van der Waals surface area contributed by atoms with E-state index in [1.54, 1.807) is 7.05 Å². The van der Waals surface area contributed by atoms with Gasteiger partial charge in [-0.1, -0.05) is 11.8 Å². The Morgan fingerprint density at radius 1 is 1.71 bits per heavy atom. The molecule has 17 heavy (non-hydrogen) atoms. The van der Waals surface area contributed by atoms with Crippen molar-refractivity contribution in [3.05, 3.63) is 0 Å². The van der Waals surface area contributed by atoms with E-state index in [0.717, 1.165) is 18.0 Å². The van der Waals surface area contributed by atoms with E-state index in [1.165, 1.54) is 11.8 Å². The molecule has 1 fully saturated rings. The van der Waals surface area contributed by atoms with Gasteiger partial charge < -0.3 is 10.4 Å². The Morgan fingerprint density at radius 3 is 3.06 bits per heavy atom. The molecule has 0 bridgehead atoms. The number of tetrazole rings is 1. The van der Waals surface area contributed by atoms with Crippen LogP contribution in [-0.2, 0) is 4.79 Å². The van der Waals surface area contributed by atoms with Crippen LogP contribution in [0.4, 0.5) is 0 Å². The van der Waals surface area contributed by atoms with Gasteiger partial charge in [-0.05, 0) is 36.7 Å². The van der Waals surface area contributed by atoms with Crippen LogP contribution in [0.15, 0.2) is 5.16 Å². The second kappa shape index (κ2) is 5.46. The number of hydrogen-bond donors (Lipinski definition) is 2. The maximum absolute atomic E-state index is 10.8. The van der Waals surface area contributed by atoms with E-state index in [2.05, 4.69) is 20.8 Å². The van der Waals surface area contributed by atoms with Crippen LogP contribution in [0.25, 0.3) is 0 Å². The quantitative estimate of drug-likeness (QED) is 0.672. The number of aliphatic carboxylic acids is 1. The van der Waals surface area contributed by atoms with Gasteiger partial charge in [0.15, 0.2) is 0 Å². The highest BCUT2D eigenvalue weighted by atomic mass is 32.2. The third-order valence-corrected chi connectivity index (χ3v) is 3.61. The van der Waals surface area contributed by atoms with Crippen molar-refractivity contribution in [1.82, 2.24) is 25.5 Å². The molecule has 1 heterocycles. The molecule has 2 rings (SSSR count). The normalized spacial score (nSPS) is 17.0. The van der Waals surface area contributed by atoms with Crippen LogP contribution in [0, 0.1) is 0 Å². The predicted molar refractivity (Wildman–Crippen MR) is 61.9 cm³/mol. The van der Waals surface area contributed by atoms with Crippen LogP contribution in [0.2, 0.25) is 0 Å². The van der Waals surface area contributed by atoms with Crippen molar-refractivity contribution < 1.29 is 9.90 Å². The molecule has 94 valence electrons. The Balaban J connectivity index is 1.81. The van der Waals surface area contributed by atoms with Crippen LogP contribution in [0.3, 0.4) is 0 Å². The highest BCUT2D eigenvalue weighted by Crippen LogP contribution is 2.36. The average Bonchev–Trinajstić information content (AvgIpc) is 3.04. The number of nitrogens with one attached hydrogen (secondary N) is 1. The lowest BCUT2D eigenvalue weighted by atomic mass is 10.2. The van der Waals surface area contributed by atoms with E-state index in [4.69, 9.17) is 5.11 Å². The number of carboxylic acids is 1. The smallest absolute Gasteiger partial charge is 0.320 e. The van der Waals surface area contributed by atoms with Crippen molar-refractivity contribution in [3.8, 4) is 0 Å². The molecular formula is C9H15N5O2S. The topological polar surface area (TPSA) is 92.9 Å². The molecule has 1 aromatic heterocycles. The summed E-state index contributed by atoms with van der Waals surface area (Å²) < 4.78 is 1.83. The molecule has 0 aliphatic heterocycles.